The summed E-state index contributed by atoms with van der Waals surface area (Å²) in [5.41, 5.74) is 2.03. The van der Waals surface area contributed by atoms with Crippen molar-refractivity contribution in [1.29, 1.82) is 0 Å². The van der Waals surface area contributed by atoms with Gasteiger partial charge in [0.15, 0.2) is 0 Å². The summed E-state index contributed by atoms with van der Waals surface area (Å²) in [5, 5.41) is 2.72. The first-order chi connectivity index (χ1) is 12.5. The van der Waals surface area contributed by atoms with Crippen LogP contribution in [0.2, 0.25) is 0 Å². The zero-order chi connectivity index (χ0) is 18.7. The summed E-state index contributed by atoms with van der Waals surface area (Å²) in [6.45, 7) is 2.80. The van der Waals surface area contributed by atoms with Gasteiger partial charge >= 0.3 is 6.03 Å². The predicted octanol–water partition coefficient (Wildman–Crippen LogP) is 3.40. The molecule has 1 aliphatic rings. The van der Waals surface area contributed by atoms with Crippen LogP contribution in [0.4, 0.5) is 14.9 Å². The molecule has 0 radical (unpaired) electrons. The van der Waals surface area contributed by atoms with Crippen LogP contribution >= 0.6 is 0 Å². The number of anilines is 1. The summed E-state index contributed by atoms with van der Waals surface area (Å²) in [5.74, 6) is -0.374. The van der Waals surface area contributed by atoms with Crippen molar-refractivity contribution in [2.75, 3.05) is 18.9 Å². The second kappa shape index (κ2) is 7.56. The molecule has 5 nitrogen and oxygen atoms in total. The fourth-order valence-corrected chi connectivity index (χ4v) is 3.12. The number of nitrogens with one attached hydrogen (secondary N) is 1. The van der Waals surface area contributed by atoms with Crippen LogP contribution < -0.4 is 5.32 Å². The Balaban J connectivity index is 1.62. The van der Waals surface area contributed by atoms with E-state index in [2.05, 4.69) is 5.32 Å². The molecule has 136 valence electrons. The molecule has 3 rings (SSSR count). The average Bonchev–Trinajstić information content (AvgIpc) is 2.99. The summed E-state index contributed by atoms with van der Waals surface area (Å²) in [7, 11) is 1.61. The molecular weight excluding hydrogens is 333 g/mol. The van der Waals surface area contributed by atoms with E-state index in [0.29, 0.717) is 30.8 Å². The lowest BCUT2D eigenvalue weighted by Crippen LogP contribution is -2.44. The lowest BCUT2D eigenvalue weighted by atomic mass is 10.2. The Kier molecular flexibility index (Phi) is 5.21. The molecule has 0 saturated carbocycles. The van der Waals surface area contributed by atoms with E-state index in [1.165, 1.54) is 17.0 Å². The Morgan fingerprint density at radius 1 is 1.27 bits per heavy atom. The first-order valence-corrected chi connectivity index (χ1v) is 8.58. The number of likely N-dealkylation sites (tertiary alicyclic amines) is 1. The number of hydrogen-bond acceptors (Lipinski definition) is 2. The lowest BCUT2D eigenvalue weighted by Gasteiger charge is -2.24. The third kappa shape index (κ3) is 3.85. The van der Waals surface area contributed by atoms with Crippen LogP contribution in [0.1, 0.15) is 17.5 Å². The van der Waals surface area contributed by atoms with E-state index in [4.69, 9.17) is 0 Å². The number of hydrogen-bond donors (Lipinski definition) is 1. The minimum Gasteiger partial charge on any atom is -0.336 e. The van der Waals surface area contributed by atoms with Crippen LogP contribution in [0.15, 0.2) is 48.5 Å². The molecule has 2 aromatic rings. The molecular formula is C20H22FN3O2. The fraction of sp³-hybridized carbons (Fsp3) is 0.300. The van der Waals surface area contributed by atoms with Crippen molar-refractivity contribution in [3.63, 3.8) is 0 Å². The second-order valence-corrected chi connectivity index (χ2v) is 6.55. The van der Waals surface area contributed by atoms with Gasteiger partial charge in [-0.15, -0.1) is 0 Å². The van der Waals surface area contributed by atoms with E-state index >= 15 is 0 Å². The third-order valence-corrected chi connectivity index (χ3v) is 4.68. The van der Waals surface area contributed by atoms with Crippen molar-refractivity contribution in [2.24, 2.45) is 0 Å². The molecule has 1 fully saturated rings. The van der Waals surface area contributed by atoms with Crippen LogP contribution in [0.5, 0.6) is 0 Å². The standard InChI is InChI=1S/C20H22FN3O2/c1-14-12-16(8-9-17(14)21)22-20(26)23(2)18-10-11-24(19(18)25)13-15-6-4-3-5-7-15/h3-9,12,18H,10-11,13H2,1-2H3,(H,22,26)/t18-/m1/s1. The highest BCUT2D eigenvalue weighted by Crippen LogP contribution is 2.20. The molecule has 2 aromatic carbocycles. The van der Waals surface area contributed by atoms with Gasteiger partial charge in [0.1, 0.15) is 11.9 Å². The summed E-state index contributed by atoms with van der Waals surface area (Å²) in [6, 6.07) is 13.3. The number of carbonyl (C=O) groups excluding carboxylic acids is 2. The van der Waals surface area contributed by atoms with Crippen LogP contribution in [0.3, 0.4) is 0 Å². The minimum absolute atomic E-state index is 0.0539. The van der Waals surface area contributed by atoms with E-state index in [1.807, 2.05) is 30.3 Å². The van der Waals surface area contributed by atoms with E-state index < -0.39 is 6.04 Å². The van der Waals surface area contributed by atoms with Gasteiger partial charge in [-0.05, 0) is 42.7 Å². The molecule has 1 atom stereocenters. The van der Waals surface area contributed by atoms with Crippen LogP contribution in [-0.2, 0) is 11.3 Å². The van der Waals surface area contributed by atoms with Crippen molar-refractivity contribution in [3.8, 4) is 0 Å². The smallest absolute Gasteiger partial charge is 0.322 e. The number of benzene rings is 2. The Hall–Kier alpha value is -2.89. The maximum Gasteiger partial charge on any atom is 0.322 e. The molecule has 1 saturated heterocycles. The van der Waals surface area contributed by atoms with Crippen molar-refractivity contribution in [3.05, 3.63) is 65.5 Å². The monoisotopic (exact) mass is 355 g/mol. The van der Waals surface area contributed by atoms with Gasteiger partial charge in [0.05, 0.1) is 0 Å². The van der Waals surface area contributed by atoms with Gasteiger partial charge in [0, 0.05) is 25.8 Å². The Morgan fingerprint density at radius 3 is 2.69 bits per heavy atom. The van der Waals surface area contributed by atoms with Gasteiger partial charge in [-0.1, -0.05) is 30.3 Å². The number of halogens is 1. The summed E-state index contributed by atoms with van der Waals surface area (Å²) >= 11 is 0. The Labute approximate surface area is 152 Å². The molecule has 1 N–H and O–H groups in total. The van der Waals surface area contributed by atoms with Crippen LogP contribution in [0, 0.1) is 12.7 Å². The molecule has 0 aromatic heterocycles. The van der Waals surface area contributed by atoms with Gasteiger partial charge in [0.2, 0.25) is 5.91 Å². The zero-order valence-corrected chi connectivity index (χ0v) is 14.9. The summed E-state index contributed by atoms with van der Waals surface area (Å²) in [4.78, 5) is 28.3. The Bertz CT molecular complexity index is 810. The molecule has 0 spiro atoms. The van der Waals surface area contributed by atoms with Crippen molar-refractivity contribution in [1.82, 2.24) is 9.80 Å². The summed E-state index contributed by atoms with van der Waals surface area (Å²) in [6.07, 6.45) is 0.595. The predicted molar refractivity (Wildman–Crippen MR) is 98.2 cm³/mol. The summed E-state index contributed by atoms with van der Waals surface area (Å²) < 4.78 is 13.3. The minimum atomic E-state index is -0.486. The van der Waals surface area contributed by atoms with Gasteiger partial charge in [-0.3, -0.25) is 4.79 Å². The average molecular weight is 355 g/mol. The SMILES string of the molecule is Cc1cc(NC(=O)N(C)[C@@H]2CCN(Cc3ccccc3)C2=O)ccc1F. The van der Waals surface area contributed by atoms with Gasteiger partial charge in [-0.2, -0.15) is 0 Å². The third-order valence-electron chi connectivity index (χ3n) is 4.68. The molecule has 0 aliphatic carbocycles. The van der Waals surface area contributed by atoms with E-state index in [0.717, 1.165) is 5.56 Å². The Morgan fingerprint density at radius 2 is 2.00 bits per heavy atom. The maximum atomic E-state index is 13.3. The highest BCUT2D eigenvalue weighted by Gasteiger charge is 2.36. The molecule has 0 unspecified atom stereocenters. The van der Waals surface area contributed by atoms with Gasteiger partial charge in [-0.25, -0.2) is 9.18 Å². The number of amides is 3. The highest BCUT2D eigenvalue weighted by molar-refractivity contribution is 5.94. The van der Waals surface area contributed by atoms with Gasteiger partial charge < -0.3 is 15.1 Å². The molecule has 3 amide bonds. The van der Waals surface area contributed by atoms with E-state index in [9.17, 15) is 14.0 Å². The normalized spacial score (nSPS) is 16.7. The molecule has 6 heteroatoms. The van der Waals surface area contributed by atoms with Crippen molar-refractivity contribution in [2.45, 2.75) is 25.9 Å². The van der Waals surface area contributed by atoms with Gasteiger partial charge in [0.25, 0.3) is 0 Å². The molecule has 1 aliphatic heterocycles. The number of carbonyl (C=O) groups is 2. The molecule has 1 heterocycles. The largest absolute Gasteiger partial charge is 0.336 e. The first-order valence-electron chi connectivity index (χ1n) is 8.58. The van der Waals surface area contributed by atoms with Crippen LogP contribution in [-0.4, -0.2) is 41.4 Å². The van der Waals surface area contributed by atoms with Crippen molar-refractivity contribution < 1.29 is 14.0 Å². The van der Waals surface area contributed by atoms with E-state index in [-0.39, 0.29) is 17.8 Å². The number of rotatable bonds is 4. The maximum absolute atomic E-state index is 13.3. The number of likely N-dealkylation sites (N-methyl/N-ethyl adjacent to an activating group) is 1. The lowest BCUT2D eigenvalue weighted by molar-refractivity contribution is -0.131. The number of urea groups is 1. The van der Waals surface area contributed by atoms with E-state index in [1.54, 1.807) is 24.9 Å². The quantitative estimate of drug-likeness (QED) is 0.914. The van der Waals surface area contributed by atoms with Crippen molar-refractivity contribution >= 4 is 17.6 Å². The number of nitrogens with zero attached hydrogens (tertiary/aromatic N) is 2. The highest BCUT2D eigenvalue weighted by atomic mass is 19.1. The zero-order valence-electron chi connectivity index (χ0n) is 14.9. The van der Waals surface area contributed by atoms with Crippen LogP contribution in [0.25, 0.3) is 0 Å². The number of aryl methyl sites for hydroxylation is 1. The molecule has 26 heavy (non-hydrogen) atoms. The fourth-order valence-electron chi connectivity index (χ4n) is 3.12. The first kappa shape index (κ1) is 17.9. The molecule has 0 bridgehead atoms. The topological polar surface area (TPSA) is 52.7 Å². The second-order valence-electron chi connectivity index (χ2n) is 6.55.